The first-order chi connectivity index (χ1) is 8.66. The van der Waals surface area contributed by atoms with E-state index in [0.29, 0.717) is 0 Å². The van der Waals surface area contributed by atoms with E-state index in [-0.39, 0.29) is 0 Å². The van der Waals surface area contributed by atoms with Crippen molar-refractivity contribution in [2.45, 2.75) is 13.8 Å². The molecule has 90 valence electrons. The topological polar surface area (TPSA) is 21.7 Å². The minimum atomic E-state index is 0.951. The number of hydrogen-bond acceptors (Lipinski definition) is 1. The predicted molar refractivity (Wildman–Crippen MR) is 70.6 cm³/mol. The molecule has 3 rings (SSSR count). The second kappa shape index (κ2) is 3.95. The van der Waals surface area contributed by atoms with Gasteiger partial charge in [-0.2, -0.15) is 0 Å². The van der Waals surface area contributed by atoms with E-state index in [1.165, 1.54) is 5.56 Å². The lowest BCUT2D eigenvalue weighted by Crippen LogP contribution is -2.26. The van der Waals surface area contributed by atoms with Crippen LogP contribution in [0.2, 0.25) is 0 Å². The van der Waals surface area contributed by atoms with Crippen molar-refractivity contribution in [1.82, 2.24) is 9.55 Å². The number of rotatable bonds is 1. The first-order valence-corrected chi connectivity index (χ1v) is 6.00. The number of fused-ring (bicyclic) bond motifs is 1. The highest BCUT2D eigenvalue weighted by Crippen LogP contribution is 2.17. The van der Waals surface area contributed by atoms with E-state index in [1.807, 2.05) is 41.3 Å². The maximum atomic E-state index is 4.68. The molecule has 0 radical (unpaired) electrons. The van der Waals surface area contributed by atoms with Crippen LogP contribution in [0.25, 0.3) is 16.9 Å². The Labute approximate surface area is 106 Å². The van der Waals surface area contributed by atoms with Crippen LogP contribution in [0.5, 0.6) is 0 Å². The first kappa shape index (κ1) is 11.0. The molecule has 0 unspecified atom stereocenters. The molecule has 0 amide bonds. The highest BCUT2D eigenvalue weighted by atomic mass is 15.2. The van der Waals surface area contributed by atoms with Gasteiger partial charge in [0.25, 0.3) is 0 Å². The molecule has 1 aromatic carbocycles. The van der Waals surface area contributed by atoms with Crippen molar-refractivity contribution < 1.29 is 4.57 Å². The summed E-state index contributed by atoms with van der Waals surface area (Å²) >= 11 is 0. The van der Waals surface area contributed by atoms with E-state index >= 15 is 0 Å². The predicted octanol–water partition coefficient (Wildman–Crippen LogP) is 2.27. The average molecular weight is 237 g/mol. The van der Waals surface area contributed by atoms with E-state index in [2.05, 4.69) is 36.4 Å². The fraction of sp³-hybridized carbons (Fsp3) is 0.200. The molecule has 0 saturated carbocycles. The summed E-state index contributed by atoms with van der Waals surface area (Å²) in [6.07, 6.45) is 3.29. The molecule has 0 spiro atoms. The SMILES string of the molecule is Cc1cc2c(nc1C)n(-c1ccccc1)[c-][n+]2C. The van der Waals surface area contributed by atoms with Gasteiger partial charge in [-0.3, -0.25) is 4.98 Å². The fourth-order valence-corrected chi connectivity index (χ4v) is 2.10. The van der Waals surface area contributed by atoms with Gasteiger partial charge in [0, 0.05) is 5.69 Å². The summed E-state index contributed by atoms with van der Waals surface area (Å²) in [4.78, 5) is 4.68. The van der Waals surface area contributed by atoms with Crippen molar-refractivity contribution in [1.29, 1.82) is 0 Å². The lowest BCUT2D eigenvalue weighted by Gasteiger charge is -2.05. The second-order valence-electron chi connectivity index (χ2n) is 4.56. The molecule has 0 saturated heterocycles. The molecule has 0 atom stereocenters. The molecule has 0 aliphatic heterocycles. The molecule has 3 nitrogen and oxygen atoms in total. The van der Waals surface area contributed by atoms with E-state index in [9.17, 15) is 0 Å². The largest absolute Gasteiger partial charge is 0.314 e. The zero-order valence-electron chi connectivity index (χ0n) is 10.8. The van der Waals surface area contributed by atoms with Crippen molar-refractivity contribution >= 4 is 11.2 Å². The number of imidazole rings is 1. The Kier molecular flexibility index (Phi) is 2.40. The minimum Gasteiger partial charge on any atom is -0.314 e. The molecule has 0 fully saturated rings. The number of hydrogen-bond donors (Lipinski definition) is 0. The first-order valence-electron chi connectivity index (χ1n) is 6.00. The van der Waals surface area contributed by atoms with Crippen LogP contribution in [0.15, 0.2) is 36.4 Å². The number of aryl methyl sites for hydroxylation is 3. The van der Waals surface area contributed by atoms with E-state index in [4.69, 9.17) is 0 Å². The zero-order chi connectivity index (χ0) is 12.7. The number of para-hydroxylation sites is 1. The Morgan fingerprint density at radius 2 is 1.89 bits per heavy atom. The monoisotopic (exact) mass is 237 g/mol. The smallest absolute Gasteiger partial charge is 0.245 e. The van der Waals surface area contributed by atoms with Gasteiger partial charge in [0.15, 0.2) is 0 Å². The highest BCUT2D eigenvalue weighted by molar-refractivity contribution is 5.70. The van der Waals surface area contributed by atoms with Gasteiger partial charge < -0.3 is 9.13 Å². The third-order valence-corrected chi connectivity index (χ3v) is 3.26. The lowest BCUT2D eigenvalue weighted by molar-refractivity contribution is -0.649. The molecule has 0 bridgehead atoms. The Balaban J connectivity index is 2.35. The highest BCUT2D eigenvalue weighted by Gasteiger charge is 2.09. The lowest BCUT2D eigenvalue weighted by atomic mass is 10.2. The van der Waals surface area contributed by atoms with E-state index in [1.54, 1.807) is 0 Å². The summed E-state index contributed by atoms with van der Waals surface area (Å²) < 4.78 is 3.99. The molecule has 3 aromatic rings. The van der Waals surface area contributed by atoms with Gasteiger partial charge in [-0.1, -0.05) is 36.4 Å². The van der Waals surface area contributed by atoms with Crippen LogP contribution in [0.3, 0.4) is 0 Å². The van der Waals surface area contributed by atoms with Crippen LogP contribution in [0.1, 0.15) is 11.3 Å². The Morgan fingerprint density at radius 1 is 1.17 bits per heavy atom. The molecule has 3 heteroatoms. The molecule has 0 aliphatic carbocycles. The van der Waals surface area contributed by atoms with Gasteiger partial charge in [-0.15, -0.1) is 0 Å². The third-order valence-electron chi connectivity index (χ3n) is 3.26. The Bertz CT molecular complexity index is 711. The standard InChI is InChI=1S/C15H15N3/c1-11-9-14-15(16-12(11)2)18(10-17(14)3)13-7-5-4-6-8-13/h4-9H,1-3H3. The molecule has 2 heterocycles. The van der Waals surface area contributed by atoms with Gasteiger partial charge in [-0.25, -0.2) is 0 Å². The molecule has 0 N–H and O–H groups in total. The van der Waals surface area contributed by atoms with Crippen molar-refractivity contribution in [2.75, 3.05) is 0 Å². The molecule has 0 aliphatic rings. The molecular weight excluding hydrogens is 222 g/mol. The maximum absolute atomic E-state index is 4.68. The number of aromatic nitrogens is 3. The molecule has 18 heavy (non-hydrogen) atoms. The van der Waals surface area contributed by atoms with Crippen LogP contribution in [0.4, 0.5) is 0 Å². The van der Waals surface area contributed by atoms with Gasteiger partial charge >= 0.3 is 0 Å². The number of benzene rings is 1. The summed E-state index contributed by atoms with van der Waals surface area (Å²) in [5.74, 6) is 0. The Hall–Kier alpha value is -2.16. The van der Waals surface area contributed by atoms with Gasteiger partial charge in [-0.05, 0) is 19.4 Å². The zero-order valence-corrected chi connectivity index (χ0v) is 10.8. The fourth-order valence-electron chi connectivity index (χ4n) is 2.10. The van der Waals surface area contributed by atoms with Crippen molar-refractivity contribution in [3.63, 3.8) is 0 Å². The molecule has 2 aromatic heterocycles. The van der Waals surface area contributed by atoms with Crippen LogP contribution in [-0.2, 0) is 7.05 Å². The van der Waals surface area contributed by atoms with Gasteiger partial charge in [0.1, 0.15) is 5.65 Å². The normalized spacial score (nSPS) is 11.1. The summed E-state index contributed by atoms with van der Waals surface area (Å²) in [6, 6.07) is 12.3. The van der Waals surface area contributed by atoms with Crippen molar-refractivity contribution in [3.05, 3.63) is 54.0 Å². The van der Waals surface area contributed by atoms with Crippen molar-refractivity contribution in [2.24, 2.45) is 7.05 Å². The maximum Gasteiger partial charge on any atom is 0.245 e. The second-order valence-corrected chi connectivity index (χ2v) is 4.56. The summed E-state index contributed by atoms with van der Waals surface area (Å²) in [6.45, 7) is 4.12. The number of pyridine rings is 1. The van der Waals surface area contributed by atoms with Gasteiger partial charge in [0.2, 0.25) is 6.33 Å². The van der Waals surface area contributed by atoms with E-state index in [0.717, 1.165) is 22.5 Å². The Morgan fingerprint density at radius 3 is 2.61 bits per heavy atom. The van der Waals surface area contributed by atoms with E-state index < -0.39 is 0 Å². The quantitative estimate of drug-likeness (QED) is 0.470. The summed E-state index contributed by atoms with van der Waals surface area (Å²) in [5, 5.41) is 0. The van der Waals surface area contributed by atoms with Crippen LogP contribution < -0.4 is 4.57 Å². The number of nitrogens with zero attached hydrogens (tertiary/aromatic N) is 3. The average Bonchev–Trinajstić information content (AvgIpc) is 2.69. The third kappa shape index (κ3) is 1.59. The summed E-state index contributed by atoms with van der Waals surface area (Å²) in [7, 11) is 2.00. The van der Waals surface area contributed by atoms with Gasteiger partial charge in [0.05, 0.1) is 18.3 Å². The van der Waals surface area contributed by atoms with Crippen LogP contribution >= 0.6 is 0 Å². The van der Waals surface area contributed by atoms with Crippen LogP contribution in [-0.4, -0.2) is 9.55 Å². The summed E-state index contributed by atoms with van der Waals surface area (Å²) in [5.41, 5.74) is 5.40. The van der Waals surface area contributed by atoms with Crippen molar-refractivity contribution in [3.8, 4) is 5.69 Å². The minimum absolute atomic E-state index is 0.951. The molecular formula is C15H15N3. The van der Waals surface area contributed by atoms with Crippen LogP contribution in [0, 0.1) is 20.2 Å².